The maximum absolute atomic E-state index is 13.0. The second-order valence-electron chi connectivity index (χ2n) is 4.50. The van der Waals surface area contributed by atoms with E-state index in [9.17, 15) is 9.18 Å². The first-order valence-electron chi connectivity index (χ1n) is 6.32. The first-order chi connectivity index (χ1) is 10.2. The van der Waals surface area contributed by atoms with Gasteiger partial charge in [-0.05, 0) is 23.8 Å². The molecule has 0 N–H and O–H groups in total. The first kappa shape index (κ1) is 13.2. The number of nitrogens with zero attached hydrogens (tertiary/aromatic N) is 3. The van der Waals surface area contributed by atoms with Crippen molar-refractivity contribution in [3.05, 3.63) is 59.9 Å². The summed E-state index contributed by atoms with van der Waals surface area (Å²) in [5.74, 6) is -0.621. The second kappa shape index (κ2) is 5.32. The zero-order valence-electron chi connectivity index (χ0n) is 11.3. The monoisotopic (exact) mass is 285 g/mol. The third-order valence-corrected chi connectivity index (χ3v) is 3.17. The van der Waals surface area contributed by atoms with Crippen LogP contribution in [0, 0.1) is 5.82 Å². The molecule has 0 saturated heterocycles. The molecule has 0 amide bonds. The van der Waals surface area contributed by atoms with Gasteiger partial charge in [0.05, 0.1) is 18.8 Å². The van der Waals surface area contributed by atoms with Crippen LogP contribution in [-0.4, -0.2) is 27.6 Å². The molecule has 0 saturated carbocycles. The summed E-state index contributed by atoms with van der Waals surface area (Å²) in [4.78, 5) is 20.1. The van der Waals surface area contributed by atoms with E-state index in [2.05, 4.69) is 9.97 Å². The summed E-state index contributed by atoms with van der Waals surface area (Å²) in [6.07, 6.45) is 3.22. The van der Waals surface area contributed by atoms with E-state index in [4.69, 9.17) is 4.74 Å². The zero-order valence-corrected chi connectivity index (χ0v) is 11.3. The second-order valence-corrected chi connectivity index (χ2v) is 4.50. The lowest BCUT2D eigenvalue weighted by Crippen LogP contribution is -2.12. The number of carbonyl (C=O) groups is 1. The number of halogens is 1. The van der Waals surface area contributed by atoms with Crippen LogP contribution in [0.2, 0.25) is 0 Å². The van der Waals surface area contributed by atoms with E-state index in [1.165, 1.54) is 19.2 Å². The Labute approximate surface area is 120 Å². The molecule has 3 aromatic rings. The van der Waals surface area contributed by atoms with Gasteiger partial charge in [0.25, 0.3) is 0 Å². The van der Waals surface area contributed by atoms with E-state index >= 15 is 0 Å². The van der Waals surface area contributed by atoms with E-state index in [0.29, 0.717) is 12.1 Å². The predicted molar refractivity (Wildman–Crippen MR) is 74.4 cm³/mol. The molecule has 0 fully saturated rings. The van der Waals surface area contributed by atoms with Gasteiger partial charge in [0.1, 0.15) is 11.3 Å². The van der Waals surface area contributed by atoms with E-state index in [-0.39, 0.29) is 11.6 Å². The summed E-state index contributed by atoms with van der Waals surface area (Å²) in [6, 6.07) is 7.88. The number of carbonyl (C=O) groups excluding carboxylic acids is 1. The molecule has 0 aliphatic heterocycles. The van der Waals surface area contributed by atoms with Crippen LogP contribution in [0.5, 0.6) is 0 Å². The van der Waals surface area contributed by atoms with Crippen LogP contribution in [0.15, 0.2) is 42.7 Å². The minimum absolute atomic E-state index is 0.199. The Balaban J connectivity index is 2.10. The number of imidazole rings is 1. The van der Waals surface area contributed by atoms with E-state index in [1.807, 2.05) is 0 Å². The van der Waals surface area contributed by atoms with Gasteiger partial charge in [0.2, 0.25) is 5.82 Å². The average Bonchev–Trinajstić information content (AvgIpc) is 2.88. The van der Waals surface area contributed by atoms with Crippen LogP contribution in [0.25, 0.3) is 11.0 Å². The number of esters is 1. The largest absolute Gasteiger partial charge is 0.463 e. The number of aromatic nitrogens is 3. The van der Waals surface area contributed by atoms with Crippen LogP contribution < -0.4 is 0 Å². The van der Waals surface area contributed by atoms with Crippen LogP contribution in [-0.2, 0) is 11.3 Å². The molecule has 2 heterocycles. The summed E-state index contributed by atoms with van der Waals surface area (Å²) in [5, 5.41) is 0. The van der Waals surface area contributed by atoms with Crippen molar-refractivity contribution in [1.29, 1.82) is 0 Å². The summed E-state index contributed by atoms with van der Waals surface area (Å²) < 4.78 is 19.5. The maximum atomic E-state index is 13.0. The van der Waals surface area contributed by atoms with Crippen molar-refractivity contribution in [2.75, 3.05) is 7.11 Å². The number of pyridine rings is 1. The fourth-order valence-electron chi connectivity index (χ4n) is 2.16. The fourth-order valence-corrected chi connectivity index (χ4v) is 2.16. The quantitative estimate of drug-likeness (QED) is 0.693. The highest BCUT2D eigenvalue weighted by atomic mass is 19.1. The molecule has 0 spiro atoms. The standard InChI is InChI=1S/C15H12FN3O2/c1-21-15(20)14-18-12-8-17-7-6-13(12)19(14)9-10-2-4-11(16)5-3-10/h2-8H,9H2,1H3. The number of methoxy groups -OCH3 is 1. The highest BCUT2D eigenvalue weighted by Gasteiger charge is 2.18. The molecule has 0 bridgehead atoms. The average molecular weight is 285 g/mol. The molecule has 0 aliphatic carbocycles. The van der Waals surface area contributed by atoms with Crippen LogP contribution in [0.3, 0.4) is 0 Å². The lowest BCUT2D eigenvalue weighted by atomic mass is 10.2. The summed E-state index contributed by atoms with van der Waals surface area (Å²) >= 11 is 0. The van der Waals surface area contributed by atoms with Gasteiger partial charge in [-0.1, -0.05) is 12.1 Å². The van der Waals surface area contributed by atoms with Gasteiger partial charge in [-0.3, -0.25) is 4.98 Å². The molecule has 6 heteroatoms. The summed E-state index contributed by atoms with van der Waals surface area (Å²) in [7, 11) is 1.31. The van der Waals surface area contributed by atoms with Gasteiger partial charge < -0.3 is 9.30 Å². The fraction of sp³-hybridized carbons (Fsp3) is 0.133. The Hall–Kier alpha value is -2.76. The SMILES string of the molecule is COC(=O)c1nc2cnccc2n1Cc1ccc(F)cc1. The third-order valence-electron chi connectivity index (χ3n) is 3.17. The lowest BCUT2D eigenvalue weighted by Gasteiger charge is -2.08. The molecule has 0 atom stereocenters. The Bertz CT molecular complexity index is 796. The first-order valence-corrected chi connectivity index (χ1v) is 6.32. The summed E-state index contributed by atoms with van der Waals surface area (Å²) in [5.41, 5.74) is 2.24. The molecule has 2 aromatic heterocycles. The van der Waals surface area contributed by atoms with Crippen molar-refractivity contribution in [1.82, 2.24) is 14.5 Å². The molecule has 0 radical (unpaired) electrons. The molecule has 0 aliphatic rings. The molecular formula is C15H12FN3O2. The summed E-state index contributed by atoms with van der Waals surface area (Å²) in [6.45, 7) is 0.394. The number of benzene rings is 1. The number of ether oxygens (including phenoxy) is 1. The van der Waals surface area contributed by atoms with Crippen LogP contribution in [0.4, 0.5) is 4.39 Å². The van der Waals surface area contributed by atoms with Crippen molar-refractivity contribution in [2.24, 2.45) is 0 Å². The normalized spacial score (nSPS) is 10.8. The Kier molecular flexibility index (Phi) is 3.35. The maximum Gasteiger partial charge on any atom is 0.374 e. The molecular weight excluding hydrogens is 273 g/mol. The number of fused-ring (bicyclic) bond motifs is 1. The Morgan fingerprint density at radius 1 is 1.29 bits per heavy atom. The minimum Gasteiger partial charge on any atom is -0.463 e. The minimum atomic E-state index is -0.520. The van der Waals surface area contributed by atoms with Crippen molar-refractivity contribution < 1.29 is 13.9 Å². The van der Waals surface area contributed by atoms with Gasteiger partial charge in [-0.2, -0.15) is 0 Å². The van der Waals surface area contributed by atoms with Gasteiger partial charge in [0.15, 0.2) is 0 Å². The highest BCUT2D eigenvalue weighted by Crippen LogP contribution is 2.18. The number of hydrogen-bond acceptors (Lipinski definition) is 4. The topological polar surface area (TPSA) is 57.0 Å². The van der Waals surface area contributed by atoms with Crippen molar-refractivity contribution in [3.8, 4) is 0 Å². The molecule has 0 unspecified atom stereocenters. The van der Waals surface area contributed by atoms with Crippen molar-refractivity contribution in [3.63, 3.8) is 0 Å². The highest BCUT2D eigenvalue weighted by molar-refractivity contribution is 5.90. The Morgan fingerprint density at radius 3 is 2.76 bits per heavy atom. The van der Waals surface area contributed by atoms with Gasteiger partial charge >= 0.3 is 5.97 Å². The predicted octanol–water partition coefficient (Wildman–Crippen LogP) is 2.41. The van der Waals surface area contributed by atoms with E-state index < -0.39 is 5.97 Å². The molecule has 3 rings (SSSR count). The molecule has 21 heavy (non-hydrogen) atoms. The van der Waals surface area contributed by atoms with E-state index in [0.717, 1.165) is 11.1 Å². The molecule has 5 nitrogen and oxygen atoms in total. The molecule has 106 valence electrons. The van der Waals surface area contributed by atoms with Gasteiger partial charge in [-0.25, -0.2) is 14.2 Å². The van der Waals surface area contributed by atoms with Gasteiger partial charge in [0, 0.05) is 12.7 Å². The van der Waals surface area contributed by atoms with Crippen molar-refractivity contribution >= 4 is 17.0 Å². The number of hydrogen-bond donors (Lipinski definition) is 0. The zero-order chi connectivity index (χ0) is 14.8. The molecule has 1 aromatic carbocycles. The van der Waals surface area contributed by atoms with Crippen LogP contribution in [0.1, 0.15) is 16.2 Å². The van der Waals surface area contributed by atoms with Crippen molar-refractivity contribution in [2.45, 2.75) is 6.54 Å². The third kappa shape index (κ3) is 2.47. The Morgan fingerprint density at radius 2 is 2.05 bits per heavy atom. The van der Waals surface area contributed by atoms with E-state index in [1.54, 1.807) is 35.2 Å². The number of rotatable bonds is 3. The van der Waals surface area contributed by atoms with Crippen LogP contribution >= 0.6 is 0 Å². The van der Waals surface area contributed by atoms with Gasteiger partial charge in [-0.15, -0.1) is 0 Å². The lowest BCUT2D eigenvalue weighted by molar-refractivity contribution is 0.0582. The smallest absolute Gasteiger partial charge is 0.374 e.